The van der Waals surface area contributed by atoms with Gasteiger partial charge in [0.25, 0.3) is 0 Å². The summed E-state index contributed by atoms with van der Waals surface area (Å²) in [7, 11) is 0. The Morgan fingerprint density at radius 2 is 2.00 bits per heavy atom. The summed E-state index contributed by atoms with van der Waals surface area (Å²) in [5.41, 5.74) is 3.07. The first-order valence-corrected chi connectivity index (χ1v) is 9.18. The van der Waals surface area contributed by atoms with Gasteiger partial charge in [-0.25, -0.2) is 0 Å². The standard InChI is InChI=1S/C21H25N3O2/c1-3-15(2)20(25)23-18-9-8-17-6-4-5-7-19(17)24(21(18)26)14-16-10-12-22-13-11-16/h4-7,10-13,15,18H,3,8-9,14H2,1-2H3,(H,23,25)/t15-,18+/m1/s1. The number of aromatic nitrogens is 1. The molecule has 0 bridgehead atoms. The number of amides is 2. The summed E-state index contributed by atoms with van der Waals surface area (Å²) < 4.78 is 0. The molecule has 0 radical (unpaired) electrons. The average molecular weight is 351 g/mol. The zero-order valence-corrected chi connectivity index (χ0v) is 15.3. The van der Waals surface area contributed by atoms with E-state index in [9.17, 15) is 9.59 Å². The van der Waals surface area contributed by atoms with Crippen LogP contribution in [0.4, 0.5) is 5.69 Å². The van der Waals surface area contributed by atoms with Crippen molar-refractivity contribution in [3.05, 3.63) is 59.9 Å². The van der Waals surface area contributed by atoms with Crippen LogP contribution in [0.1, 0.15) is 37.8 Å². The number of pyridine rings is 1. The quantitative estimate of drug-likeness (QED) is 0.900. The minimum Gasteiger partial charge on any atom is -0.344 e. The lowest BCUT2D eigenvalue weighted by Crippen LogP contribution is -2.49. The van der Waals surface area contributed by atoms with Crippen LogP contribution in [0.5, 0.6) is 0 Å². The number of hydrogen-bond donors (Lipinski definition) is 1. The summed E-state index contributed by atoms with van der Waals surface area (Å²) in [6.07, 6.45) is 5.59. The third kappa shape index (κ3) is 3.93. The van der Waals surface area contributed by atoms with Gasteiger partial charge in [-0.3, -0.25) is 14.6 Å². The highest BCUT2D eigenvalue weighted by Gasteiger charge is 2.31. The Labute approximate surface area is 154 Å². The molecule has 1 aromatic carbocycles. The van der Waals surface area contributed by atoms with Crippen molar-refractivity contribution >= 4 is 17.5 Å². The zero-order chi connectivity index (χ0) is 18.5. The maximum Gasteiger partial charge on any atom is 0.249 e. The van der Waals surface area contributed by atoms with Gasteiger partial charge in [-0.15, -0.1) is 0 Å². The SMILES string of the molecule is CC[C@@H](C)C(=O)N[C@H]1CCc2ccccc2N(Cc2ccncc2)C1=O. The van der Waals surface area contributed by atoms with Crippen LogP contribution in [0.2, 0.25) is 0 Å². The van der Waals surface area contributed by atoms with Crippen molar-refractivity contribution in [2.24, 2.45) is 5.92 Å². The molecule has 2 atom stereocenters. The van der Waals surface area contributed by atoms with E-state index in [0.717, 1.165) is 29.7 Å². The number of para-hydroxylation sites is 1. The zero-order valence-electron chi connectivity index (χ0n) is 15.3. The maximum absolute atomic E-state index is 13.3. The first kappa shape index (κ1) is 18.1. The van der Waals surface area contributed by atoms with Gasteiger partial charge >= 0.3 is 0 Å². The molecule has 1 aliphatic heterocycles. The predicted molar refractivity (Wildman–Crippen MR) is 102 cm³/mol. The number of nitrogens with zero attached hydrogens (tertiary/aromatic N) is 2. The predicted octanol–water partition coefficient (Wildman–Crippen LogP) is 3.09. The molecule has 1 N–H and O–H groups in total. The van der Waals surface area contributed by atoms with Crippen molar-refractivity contribution in [3.8, 4) is 0 Å². The molecule has 3 rings (SSSR count). The Bertz CT molecular complexity index is 776. The van der Waals surface area contributed by atoms with Crippen molar-refractivity contribution in [2.75, 3.05) is 4.90 Å². The molecule has 1 aliphatic rings. The summed E-state index contributed by atoms with van der Waals surface area (Å²) in [4.78, 5) is 31.4. The Morgan fingerprint density at radius 1 is 1.27 bits per heavy atom. The molecule has 0 unspecified atom stereocenters. The minimum absolute atomic E-state index is 0.0524. The number of hydrogen-bond acceptors (Lipinski definition) is 3. The molecular formula is C21H25N3O2. The number of rotatable bonds is 5. The number of aryl methyl sites for hydroxylation is 1. The third-order valence-electron chi connectivity index (χ3n) is 5.02. The summed E-state index contributed by atoms with van der Waals surface area (Å²) in [5.74, 6) is -0.203. The number of carbonyl (C=O) groups is 2. The smallest absolute Gasteiger partial charge is 0.249 e. The first-order valence-electron chi connectivity index (χ1n) is 9.18. The molecule has 2 amide bonds. The molecule has 2 heterocycles. The van der Waals surface area contributed by atoms with Crippen LogP contribution in [0.25, 0.3) is 0 Å². The summed E-state index contributed by atoms with van der Waals surface area (Å²) in [5, 5.41) is 2.97. The van der Waals surface area contributed by atoms with Gasteiger partial charge in [0.2, 0.25) is 11.8 Å². The fraction of sp³-hybridized carbons (Fsp3) is 0.381. The molecule has 0 fully saturated rings. The summed E-state index contributed by atoms with van der Waals surface area (Å²) >= 11 is 0. The second-order valence-corrected chi connectivity index (χ2v) is 6.82. The van der Waals surface area contributed by atoms with Crippen LogP contribution in [-0.2, 0) is 22.6 Å². The van der Waals surface area contributed by atoms with Crippen LogP contribution in [0.15, 0.2) is 48.8 Å². The van der Waals surface area contributed by atoms with E-state index >= 15 is 0 Å². The lowest BCUT2D eigenvalue weighted by Gasteiger charge is -2.27. The van der Waals surface area contributed by atoms with Gasteiger partial charge in [0.1, 0.15) is 6.04 Å². The van der Waals surface area contributed by atoms with Crippen molar-refractivity contribution < 1.29 is 9.59 Å². The number of anilines is 1. The fourth-order valence-electron chi connectivity index (χ4n) is 3.18. The summed E-state index contributed by atoms with van der Waals surface area (Å²) in [6, 6.07) is 11.3. The Kier molecular flexibility index (Phi) is 5.66. The van der Waals surface area contributed by atoms with Crippen LogP contribution in [0, 0.1) is 5.92 Å². The van der Waals surface area contributed by atoms with E-state index in [1.54, 1.807) is 17.3 Å². The van der Waals surface area contributed by atoms with Gasteiger partial charge < -0.3 is 10.2 Å². The number of fused-ring (bicyclic) bond motifs is 1. The Hall–Kier alpha value is -2.69. The molecule has 26 heavy (non-hydrogen) atoms. The van der Waals surface area contributed by atoms with Crippen molar-refractivity contribution in [2.45, 2.75) is 45.7 Å². The van der Waals surface area contributed by atoms with Crippen molar-refractivity contribution in [1.29, 1.82) is 0 Å². The molecule has 0 aliphatic carbocycles. The molecule has 5 nitrogen and oxygen atoms in total. The van der Waals surface area contributed by atoms with Gasteiger partial charge in [-0.1, -0.05) is 32.0 Å². The van der Waals surface area contributed by atoms with E-state index < -0.39 is 6.04 Å². The average Bonchev–Trinajstić information content (AvgIpc) is 2.80. The molecule has 0 saturated heterocycles. The molecule has 2 aromatic rings. The van der Waals surface area contributed by atoms with Gasteiger partial charge in [-0.05, 0) is 48.6 Å². The largest absolute Gasteiger partial charge is 0.344 e. The van der Waals surface area contributed by atoms with Crippen molar-refractivity contribution in [1.82, 2.24) is 10.3 Å². The van der Waals surface area contributed by atoms with Gasteiger partial charge in [0.05, 0.1) is 6.54 Å². The molecule has 5 heteroatoms. The second-order valence-electron chi connectivity index (χ2n) is 6.82. The number of carbonyl (C=O) groups excluding carboxylic acids is 2. The number of benzene rings is 1. The van der Waals surface area contributed by atoms with Crippen molar-refractivity contribution in [3.63, 3.8) is 0 Å². The Balaban J connectivity index is 1.89. The van der Waals surface area contributed by atoms with Crippen LogP contribution >= 0.6 is 0 Å². The highest BCUT2D eigenvalue weighted by molar-refractivity contribution is 6.00. The van der Waals surface area contributed by atoms with Crippen LogP contribution in [-0.4, -0.2) is 22.8 Å². The summed E-state index contributed by atoms with van der Waals surface area (Å²) in [6.45, 7) is 4.33. The number of nitrogens with one attached hydrogen (secondary N) is 1. The van der Waals surface area contributed by atoms with E-state index in [2.05, 4.69) is 16.4 Å². The highest BCUT2D eigenvalue weighted by Crippen LogP contribution is 2.28. The molecule has 0 spiro atoms. The molecule has 1 aromatic heterocycles. The lowest BCUT2D eigenvalue weighted by molar-refractivity contribution is -0.129. The van der Waals surface area contributed by atoms with Crippen LogP contribution in [0.3, 0.4) is 0 Å². The normalized spacial score (nSPS) is 18.0. The van der Waals surface area contributed by atoms with E-state index in [4.69, 9.17) is 0 Å². The second kappa shape index (κ2) is 8.13. The minimum atomic E-state index is -0.495. The fourth-order valence-corrected chi connectivity index (χ4v) is 3.18. The molecule has 136 valence electrons. The molecule has 0 saturated carbocycles. The van der Waals surface area contributed by atoms with E-state index in [0.29, 0.717) is 13.0 Å². The highest BCUT2D eigenvalue weighted by atomic mass is 16.2. The Morgan fingerprint density at radius 3 is 2.73 bits per heavy atom. The monoisotopic (exact) mass is 351 g/mol. The first-order chi connectivity index (χ1) is 12.6. The van der Waals surface area contributed by atoms with E-state index in [1.165, 1.54) is 0 Å². The van der Waals surface area contributed by atoms with E-state index in [-0.39, 0.29) is 17.7 Å². The van der Waals surface area contributed by atoms with Crippen LogP contribution < -0.4 is 10.2 Å². The van der Waals surface area contributed by atoms with E-state index in [1.807, 2.05) is 44.2 Å². The lowest BCUT2D eigenvalue weighted by atomic mass is 10.0. The molecular weight excluding hydrogens is 326 g/mol. The van der Waals surface area contributed by atoms with Gasteiger partial charge in [0.15, 0.2) is 0 Å². The van der Waals surface area contributed by atoms with Gasteiger partial charge in [-0.2, -0.15) is 0 Å². The van der Waals surface area contributed by atoms with Gasteiger partial charge in [0, 0.05) is 24.0 Å². The topological polar surface area (TPSA) is 62.3 Å². The third-order valence-corrected chi connectivity index (χ3v) is 5.02. The maximum atomic E-state index is 13.3.